The summed E-state index contributed by atoms with van der Waals surface area (Å²) in [5, 5.41) is 3.30. The van der Waals surface area contributed by atoms with Crippen molar-refractivity contribution in [2.75, 3.05) is 31.8 Å². The summed E-state index contributed by atoms with van der Waals surface area (Å²) in [5.41, 5.74) is 2.58. The van der Waals surface area contributed by atoms with Gasteiger partial charge in [-0.05, 0) is 18.6 Å². The van der Waals surface area contributed by atoms with Gasteiger partial charge in [0.2, 0.25) is 5.96 Å². The first-order valence-electron chi connectivity index (χ1n) is 5.21. The minimum Gasteiger partial charge on any atom is -0.383 e. The lowest BCUT2D eigenvalue weighted by Crippen LogP contribution is -2.48. The van der Waals surface area contributed by atoms with Crippen molar-refractivity contribution in [3.8, 4) is 0 Å². The number of hydrogen-bond acceptors (Lipinski definition) is 4. The van der Waals surface area contributed by atoms with E-state index in [1.807, 2.05) is 11.8 Å². The maximum absolute atomic E-state index is 5.38. The molecule has 1 saturated heterocycles. The second kappa shape index (κ2) is 7.78. The Hall–Kier alpha value is -0.460. The van der Waals surface area contributed by atoms with Crippen molar-refractivity contribution >= 4 is 17.7 Å². The van der Waals surface area contributed by atoms with Gasteiger partial charge in [-0.15, -0.1) is 0 Å². The third-order valence-electron chi connectivity index (χ3n) is 2.20. The monoisotopic (exact) mass is 232 g/mol. The quantitative estimate of drug-likeness (QED) is 0.208. The van der Waals surface area contributed by atoms with E-state index in [9.17, 15) is 0 Å². The van der Waals surface area contributed by atoms with Crippen LogP contribution in [-0.4, -0.2) is 43.8 Å². The van der Waals surface area contributed by atoms with Gasteiger partial charge in [0.15, 0.2) is 0 Å². The first kappa shape index (κ1) is 12.6. The molecule has 0 radical (unpaired) electrons. The molecule has 1 aliphatic rings. The van der Waals surface area contributed by atoms with Crippen molar-refractivity contribution in [1.82, 2.24) is 10.7 Å². The van der Waals surface area contributed by atoms with E-state index in [2.05, 4.69) is 15.7 Å². The molecule has 15 heavy (non-hydrogen) atoms. The molecule has 0 aromatic rings. The van der Waals surface area contributed by atoms with Gasteiger partial charge in [0, 0.05) is 18.9 Å². The topological polar surface area (TPSA) is 71.7 Å². The molecule has 0 saturated carbocycles. The van der Waals surface area contributed by atoms with Gasteiger partial charge in [-0.1, -0.05) is 0 Å². The molecule has 1 unspecified atom stereocenters. The Morgan fingerprint density at radius 1 is 1.67 bits per heavy atom. The molecule has 1 atom stereocenters. The van der Waals surface area contributed by atoms with Gasteiger partial charge >= 0.3 is 0 Å². The van der Waals surface area contributed by atoms with Crippen molar-refractivity contribution < 1.29 is 4.74 Å². The molecule has 1 heterocycles. The standard InChI is InChI=1S/C9H20N4OS/c1-14-5-4-11-9(13-10)12-8-3-2-6-15-7-8/h8H,2-7,10H2,1H3,(H2,11,12,13). The van der Waals surface area contributed by atoms with Crippen molar-refractivity contribution in [1.29, 1.82) is 0 Å². The second-order valence-electron chi connectivity index (χ2n) is 3.43. The molecule has 5 nitrogen and oxygen atoms in total. The normalized spacial score (nSPS) is 22.5. The number of methoxy groups -OCH3 is 1. The molecule has 1 rings (SSSR count). The van der Waals surface area contributed by atoms with Crippen LogP contribution < -0.4 is 16.6 Å². The molecular formula is C9H20N4OS. The first-order valence-corrected chi connectivity index (χ1v) is 6.36. The highest BCUT2D eigenvalue weighted by molar-refractivity contribution is 7.99. The summed E-state index contributed by atoms with van der Waals surface area (Å²) in [4.78, 5) is 4.26. The molecule has 0 aromatic carbocycles. The van der Waals surface area contributed by atoms with Crippen LogP contribution >= 0.6 is 11.8 Å². The summed E-state index contributed by atoms with van der Waals surface area (Å²) in [6.07, 6.45) is 2.45. The van der Waals surface area contributed by atoms with E-state index in [0.717, 1.165) is 5.75 Å². The van der Waals surface area contributed by atoms with Crippen LogP contribution in [0.15, 0.2) is 4.99 Å². The summed E-state index contributed by atoms with van der Waals surface area (Å²) < 4.78 is 4.92. The van der Waals surface area contributed by atoms with Gasteiger partial charge in [-0.2, -0.15) is 11.8 Å². The molecule has 0 aliphatic carbocycles. The van der Waals surface area contributed by atoms with Gasteiger partial charge in [0.1, 0.15) is 0 Å². The lowest BCUT2D eigenvalue weighted by atomic mass is 10.2. The fraction of sp³-hybridized carbons (Fsp3) is 0.889. The fourth-order valence-corrected chi connectivity index (χ4v) is 2.50. The Labute approximate surface area is 95.2 Å². The number of thioether (sulfide) groups is 1. The number of nitrogens with zero attached hydrogens (tertiary/aromatic N) is 1. The number of nitrogens with two attached hydrogens (primary N) is 1. The SMILES string of the molecule is COCCN=C(NN)NC1CCCSC1. The third kappa shape index (κ3) is 5.25. The highest BCUT2D eigenvalue weighted by Crippen LogP contribution is 2.16. The summed E-state index contributed by atoms with van der Waals surface area (Å²) in [6.45, 7) is 1.25. The molecule has 0 spiro atoms. The molecule has 0 bridgehead atoms. The summed E-state index contributed by atoms with van der Waals surface area (Å²) in [6, 6.07) is 0.487. The number of hydrogen-bond donors (Lipinski definition) is 3. The van der Waals surface area contributed by atoms with Crippen molar-refractivity contribution in [3.63, 3.8) is 0 Å². The van der Waals surface area contributed by atoms with E-state index >= 15 is 0 Å². The minimum absolute atomic E-state index is 0.487. The van der Waals surface area contributed by atoms with Crippen LogP contribution in [0.3, 0.4) is 0 Å². The van der Waals surface area contributed by atoms with E-state index in [1.54, 1.807) is 7.11 Å². The highest BCUT2D eigenvalue weighted by Gasteiger charge is 2.14. The molecule has 4 N–H and O–H groups in total. The van der Waals surface area contributed by atoms with Crippen LogP contribution in [0.2, 0.25) is 0 Å². The van der Waals surface area contributed by atoms with Crippen LogP contribution in [0, 0.1) is 0 Å². The van der Waals surface area contributed by atoms with Gasteiger partial charge < -0.3 is 10.1 Å². The third-order valence-corrected chi connectivity index (χ3v) is 3.42. The fourth-order valence-electron chi connectivity index (χ4n) is 1.43. The maximum atomic E-state index is 5.38. The van der Waals surface area contributed by atoms with Crippen molar-refractivity contribution in [2.24, 2.45) is 10.8 Å². The van der Waals surface area contributed by atoms with Crippen molar-refractivity contribution in [2.45, 2.75) is 18.9 Å². The zero-order valence-corrected chi connectivity index (χ0v) is 9.98. The minimum atomic E-state index is 0.487. The Balaban J connectivity index is 2.27. The van der Waals surface area contributed by atoms with Crippen molar-refractivity contribution in [3.05, 3.63) is 0 Å². The van der Waals surface area contributed by atoms with E-state index in [4.69, 9.17) is 10.6 Å². The number of aliphatic imine (C=N–C) groups is 1. The van der Waals surface area contributed by atoms with Gasteiger partial charge in [0.25, 0.3) is 0 Å². The predicted octanol–water partition coefficient (Wildman–Crippen LogP) is -0.0627. The van der Waals surface area contributed by atoms with Crippen LogP contribution in [0.1, 0.15) is 12.8 Å². The van der Waals surface area contributed by atoms with Crippen LogP contribution in [-0.2, 0) is 4.74 Å². The highest BCUT2D eigenvalue weighted by atomic mass is 32.2. The van der Waals surface area contributed by atoms with E-state index in [1.165, 1.54) is 18.6 Å². The number of ether oxygens (including phenoxy) is 1. The largest absolute Gasteiger partial charge is 0.383 e. The average Bonchev–Trinajstić information content (AvgIpc) is 2.29. The van der Waals surface area contributed by atoms with Crippen LogP contribution in [0.5, 0.6) is 0 Å². The van der Waals surface area contributed by atoms with E-state index < -0.39 is 0 Å². The predicted molar refractivity (Wildman–Crippen MR) is 65.0 cm³/mol. The smallest absolute Gasteiger partial charge is 0.206 e. The zero-order valence-electron chi connectivity index (χ0n) is 9.16. The van der Waals surface area contributed by atoms with E-state index in [-0.39, 0.29) is 0 Å². The summed E-state index contributed by atoms with van der Waals surface area (Å²) in [7, 11) is 1.66. The average molecular weight is 232 g/mol. The molecule has 6 heteroatoms. The molecule has 0 amide bonds. The number of rotatable bonds is 4. The Kier molecular flexibility index (Phi) is 6.54. The second-order valence-corrected chi connectivity index (χ2v) is 4.58. The zero-order chi connectivity index (χ0) is 10.9. The van der Waals surface area contributed by atoms with Crippen LogP contribution in [0.4, 0.5) is 0 Å². The summed E-state index contributed by atoms with van der Waals surface area (Å²) >= 11 is 1.97. The maximum Gasteiger partial charge on any atom is 0.206 e. The number of nitrogens with one attached hydrogen (secondary N) is 2. The van der Waals surface area contributed by atoms with Gasteiger partial charge in [-0.25, -0.2) is 10.8 Å². The lowest BCUT2D eigenvalue weighted by Gasteiger charge is -2.23. The Morgan fingerprint density at radius 3 is 3.13 bits per heavy atom. The van der Waals surface area contributed by atoms with Gasteiger partial charge in [0.05, 0.1) is 13.2 Å². The summed E-state index contributed by atoms with van der Waals surface area (Å²) in [5.74, 6) is 8.45. The first-order chi connectivity index (χ1) is 7.36. The Bertz CT molecular complexity index is 195. The molecule has 88 valence electrons. The van der Waals surface area contributed by atoms with E-state index in [0.29, 0.717) is 25.2 Å². The van der Waals surface area contributed by atoms with Gasteiger partial charge in [-0.3, -0.25) is 5.43 Å². The van der Waals surface area contributed by atoms with Crippen LogP contribution in [0.25, 0.3) is 0 Å². The molecular weight excluding hydrogens is 212 g/mol. The number of guanidine groups is 1. The molecule has 1 aliphatic heterocycles. The number of hydrazine groups is 1. The lowest BCUT2D eigenvalue weighted by molar-refractivity contribution is 0.208. The molecule has 1 fully saturated rings. The molecule has 0 aromatic heterocycles. The Morgan fingerprint density at radius 2 is 2.53 bits per heavy atom.